The molecule has 0 radical (unpaired) electrons. The maximum atomic E-state index is 14.6. The lowest BCUT2D eigenvalue weighted by molar-refractivity contribution is 0.122. The number of halogens is 1. The molecule has 1 unspecified atom stereocenters. The molecule has 2 saturated heterocycles. The van der Waals surface area contributed by atoms with Crippen LogP contribution in [0.5, 0.6) is 0 Å². The molecule has 6 nitrogen and oxygen atoms in total. The minimum atomic E-state index is -0.169. The monoisotopic (exact) mass is 403 g/mol. The maximum absolute atomic E-state index is 14.6. The minimum Gasteiger partial charge on any atom is -0.378 e. The molecule has 1 aromatic rings. The second-order valence-electron chi connectivity index (χ2n) is 8.37. The molecule has 0 bridgehead atoms. The van der Waals surface area contributed by atoms with Crippen molar-refractivity contribution in [1.29, 1.82) is 0 Å². The summed E-state index contributed by atoms with van der Waals surface area (Å²) < 4.78 is 20.0. The van der Waals surface area contributed by atoms with Gasteiger partial charge in [0.15, 0.2) is 5.96 Å². The van der Waals surface area contributed by atoms with E-state index in [-0.39, 0.29) is 5.82 Å². The highest BCUT2D eigenvalue weighted by atomic mass is 19.1. The Morgan fingerprint density at radius 3 is 2.69 bits per heavy atom. The highest BCUT2D eigenvalue weighted by Crippen LogP contribution is 2.26. The lowest BCUT2D eigenvalue weighted by Crippen LogP contribution is -2.45. The molecule has 2 heterocycles. The van der Waals surface area contributed by atoms with Crippen molar-refractivity contribution >= 4 is 11.6 Å². The molecule has 3 aliphatic rings. The van der Waals surface area contributed by atoms with Crippen LogP contribution in [0.2, 0.25) is 0 Å². The quantitative estimate of drug-likeness (QED) is 0.584. The fourth-order valence-corrected chi connectivity index (χ4v) is 4.80. The van der Waals surface area contributed by atoms with Gasteiger partial charge in [0.25, 0.3) is 0 Å². The molecule has 7 heteroatoms. The van der Waals surface area contributed by atoms with E-state index in [0.29, 0.717) is 31.5 Å². The third-order valence-electron chi connectivity index (χ3n) is 6.45. The molecule has 1 saturated carbocycles. The summed E-state index contributed by atoms with van der Waals surface area (Å²) in [4.78, 5) is 9.05. The highest BCUT2D eigenvalue weighted by Gasteiger charge is 2.30. The lowest BCUT2D eigenvalue weighted by Gasteiger charge is -2.29. The molecule has 0 aromatic heterocycles. The molecule has 2 aliphatic heterocycles. The van der Waals surface area contributed by atoms with Crippen LogP contribution in [0.15, 0.2) is 23.2 Å². The van der Waals surface area contributed by atoms with Crippen molar-refractivity contribution in [2.45, 2.75) is 50.7 Å². The van der Waals surface area contributed by atoms with E-state index in [2.05, 4.69) is 20.5 Å². The molecule has 3 fully saturated rings. The zero-order chi connectivity index (χ0) is 20.1. The van der Waals surface area contributed by atoms with Gasteiger partial charge < -0.3 is 20.3 Å². The van der Waals surface area contributed by atoms with E-state index in [4.69, 9.17) is 4.74 Å². The van der Waals surface area contributed by atoms with Gasteiger partial charge in [-0.1, -0.05) is 18.9 Å². The van der Waals surface area contributed by atoms with E-state index in [1.807, 2.05) is 17.0 Å². The number of nitrogens with zero attached hydrogens (tertiary/aromatic N) is 3. The number of guanidine groups is 1. The van der Waals surface area contributed by atoms with Crippen LogP contribution in [0, 0.1) is 5.82 Å². The van der Waals surface area contributed by atoms with Gasteiger partial charge in [0.1, 0.15) is 5.82 Å². The van der Waals surface area contributed by atoms with E-state index < -0.39 is 0 Å². The number of rotatable bonds is 5. The number of nitrogens with one attached hydrogen (secondary N) is 2. The normalized spacial score (nSPS) is 24.3. The second kappa shape index (κ2) is 9.76. The van der Waals surface area contributed by atoms with Crippen LogP contribution in [0.1, 0.15) is 37.7 Å². The predicted molar refractivity (Wildman–Crippen MR) is 115 cm³/mol. The zero-order valence-electron chi connectivity index (χ0n) is 17.5. The fourth-order valence-electron chi connectivity index (χ4n) is 4.80. The summed E-state index contributed by atoms with van der Waals surface area (Å²) in [6, 6.07) is 6.71. The Balaban J connectivity index is 1.27. The van der Waals surface area contributed by atoms with Crippen LogP contribution in [-0.2, 0) is 11.3 Å². The molecule has 4 rings (SSSR count). The summed E-state index contributed by atoms with van der Waals surface area (Å²) in [5, 5.41) is 6.89. The highest BCUT2D eigenvalue weighted by molar-refractivity contribution is 5.80. The number of hydrogen-bond acceptors (Lipinski definition) is 4. The first-order valence-corrected chi connectivity index (χ1v) is 11.1. The summed E-state index contributed by atoms with van der Waals surface area (Å²) in [5.74, 6) is 0.623. The van der Waals surface area contributed by atoms with Gasteiger partial charge in [-0.05, 0) is 37.0 Å². The first kappa shape index (κ1) is 20.4. The molecule has 2 N–H and O–H groups in total. The summed E-state index contributed by atoms with van der Waals surface area (Å²) >= 11 is 0. The van der Waals surface area contributed by atoms with Gasteiger partial charge in [-0.3, -0.25) is 9.89 Å². The lowest BCUT2D eigenvalue weighted by atomic mass is 10.1. The molecule has 0 amide bonds. The first-order chi connectivity index (χ1) is 14.2. The van der Waals surface area contributed by atoms with Crippen molar-refractivity contribution in [3.8, 4) is 0 Å². The van der Waals surface area contributed by atoms with Crippen molar-refractivity contribution in [3.63, 3.8) is 0 Å². The number of benzene rings is 1. The van der Waals surface area contributed by atoms with Crippen molar-refractivity contribution in [2.24, 2.45) is 4.99 Å². The van der Waals surface area contributed by atoms with Gasteiger partial charge in [0.2, 0.25) is 0 Å². The second-order valence-corrected chi connectivity index (χ2v) is 8.37. The molecular formula is C22H34FN5O. The Morgan fingerprint density at radius 2 is 1.97 bits per heavy atom. The first-order valence-electron chi connectivity index (χ1n) is 11.1. The Morgan fingerprint density at radius 1 is 1.17 bits per heavy atom. The molecule has 1 aromatic carbocycles. The van der Waals surface area contributed by atoms with Crippen LogP contribution >= 0.6 is 0 Å². The van der Waals surface area contributed by atoms with Gasteiger partial charge in [0, 0.05) is 51.9 Å². The van der Waals surface area contributed by atoms with Crippen LogP contribution in [0.3, 0.4) is 0 Å². The maximum Gasteiger partial charge on any atom is 0.191 e. The molecule has 29 heavy (non-hydrogen) atoms. The number of likely N-dealkylation sites (tertiary alicyclic amines) is 1. The van der Waals surface area contributed by atoms with E-state index in [0.717, 1.165) is 43.6 Å². The summed E-state index contributed by atoms with van der Waals surface area (Å²) in [6.07, 6.45) is 6.62. The largest absolute Gasteiger partial charge is 0.378 e. The summed E-state index contributed by atoms with van der Waals surface area (Å²) in [7, 11) is 1.79. The van der Waals surface area contributed by atoms with Crippen molar-refractivity contribution in [1.82, 2.24) is 15.5 Å². The zero-order valence-corrected chi connectivity index (χ0v) is 17.5. The van der Waals surface area contributed by atoms with Gasteiger partial charge in [-0.25, -0.2) is 4.39 Å². The summed E-state index contributed by atoms with van der Waals surface area (Å²) in [5.41, 5.74) is 1.58. The molecule has 1 aliphatic carbocycles. The van der Waals surface area contributed by atoms with E-state index in [9.17, 15) is 4.39 Å². The number of hydrogen-bond donors (Lipinski definition) is 2. The molecular weight excluding hydrogens is 369 g/mol. The van der Waals surface area contributed by atoms with Crippen LogP contribution in [0.25, 0.3) is 0 Å². The van der Waals surface area contributed by atoms with Crippen molar-refractivity contribution in [3.05, 3.63) is 29.6 Å². The smallest absolute Gasteiger partial charge is 0.191 e. The predicted octanol–water partition coefficient (Wildman–Crippen LogP) is 2.34. The van der Waals surface area contributed by atoms with Crippen LogP contribution in [0.4, 0.5) is 10.1 Å². The van der Waals surface area contributed by atoms with E-state index in [1.165, 1.54) is 32.2 Å². The van der Waals surface area contributed by atoms with Crippen molar-refractivity contribution in [2.75, 3.05) is 51.3 Å². The van der Waals surface area contributed by atoms with Gasteiger partial charge >= 0.3 is 0 Å². The van der Waals surface area contributed by atoms with Gasteiger partial charge in [0.05, 0.1) is 18.9 Å². The Bertz CT molecular complexity index is 700. The third-order valence-corrected chi connectivity index (χ3v) is 6.45. The van der Waals surface area contributed by atoms with E-state index >= 15 is 0 Å². The molecule has 1 atom stereocenters. The van der Waals surface area contributed by atoms with E-state index in [1.54, 1.807) is 13.1 Å². The third kappa shape index (κ3) is 5.20. The number of morpholine rings is 1. The van der Waals surface area contributed by atoms with Crippen LogP contribution < -0.4 is 15.5 Å². The number of ether oxygens (including phenoxy) is 1. The minimum absolute atomic E-state index is 0.169. The topological polar surface area (TPSA) is 52.1 Å². The standard InChI is InChI=1S/C22H34FN5O/c1-24-22(26-18-8-9-28(16-18)19-4-2-3-5-19)25-15-17-6-7-21(20(23)14-17)27-10-12-29-13-11-27/h6-7,14,18-19H,2-5,8-13,15-16H2,1H3,(H2,24,25,26). The SMILES string of the molecule is CN=C(NCc1ccc(N2CCOCC2)c(F)c1)NC1CCN(C2CCCC2)C1. The Labute approximate surface area is 173 Å². The molecule has 0 spiro atoms. The van der Waals surface area contributed by atoms with Gasteiger partial charge in [-0.15, -0.1) is 0 Å². The number of aliphatic imine (C=N–C) groups is 1. The Kier molecular flexibility index (Phi) is 6.87. The molecule has 160 valence electrons. The average Bonchev–Trinajstić information content (AvgIpc) is 3.43. The van der Waals surface area contributed by atoms with Crippen LogP contribution in [-0.4, -0.2) is 69.4 Å². The summed E-state index contributed by atoms with van der Waals surface area (Å²) in [6.45, 7) is 5.61. The number of anilines is 1. The Hall–Kier alpha value is -1.86. The fraction of sp³-hybridized carbons (Fsp3) is 0.682. The van der Waals surface area contributed by atoms with Gasteiger partial charge in [-0.2, -0.15) is 0 Å². The average molecular weight is 404 g/mol. The van der Waals surface area contributed by atoms with Crippen molar-refractivity contribution < 1.29 is 9.13 Å².